The summed E-state index contributed by atoms with van der Waals surface area (Å²) >= 11 is 0. The van der Waals surface area contributed by atoms with Gasteiger partial charge in [-0.1, -0.05) is 12.1 Å². The molecule has 0 amide bonds. The van der Waals surface area contributed by atoms with Gasteiger partial charge in [-0.15, -0.1) is 0 Å². The summed E-state index contributed by atoms with van der Waals surface area (Å²) in [4.78, 5) is 4.03. The second-order valence-corrected chi connectivity index (χ2v) is 3.44. The molecule has 1 heterocycles. The van der Waals surface area contributed by atoms with E-state index in [1.807, 2.05) is 22.9 Å². The first-order valence-electron chi connectivity index (χ1n) is 4.93. The zero-order chi connectivity index (χ0) is 11.4. The molecule has 0 saturated carbocycles. The quantitative estimate of drug-likeness (QED) is 0.835. The summed E-state index contributed by atoms with van der Waals surface area (Å²) in [6.45, 7) is 0.588. The van der Waals surface area contributed by atoms with Gasteiger partial charge >= 0.3 is 0 Å². The van der Waals surface area contributed by atoms with Crippen molar-refractivity contribution in [3.63, 3.8) is 0 Å². The number of hydrogen-bond acceptors (Lipinski definition) is 3. The number of nitrogens with zero attached hydrogens (tertiary/aromatic N) is 3. The summed E-state index contributed by atoms with van der Waals surface area (Å²) < 4.78 is 1.88. The van der Waals surface area contributed by atoms with E-state index in [2.05, 4.69) is 11.1 Å². The third-order valence-corrected chi connectivity index (χ3v) is 2.38. The van der Waals surface area contributed by atoms with Gasteiger partial charge in [-0.25, -0.2) is 4.98 Å². The van der Waals surface area contributed by atoms with Gasteiger partial charge in [0.2, 0.25) is 0 Å². The summed E-state index contributed by atoms with van der Waals surface area (Å²) in [5, 5.41) is 17.7. The lowest BCUT2D eigenvalue weighted by Gasteiger charge is -2.05. The van der Waals surface area contributed by atoms with Crippen LogP contribution in [-0.4, -0.2) is 14.7 Å². The van der Waals surface area contributed by atoms with Crippen LogP contribution in [0.3, 0.4) is 0 Å². The summed E-state index contributed by atoms with van der Waals surface area (Å²) in [6.07, 6.45) is 3.49. The maximum absolute atomic E-state index is 9.04. The molecule has 0 spiro atoms. The molecule has 0 aliphatic carbocycles. The minimum Gasteiger partial charge on any atom is -0.388 e. The van der Waals surface area contributed by atoms with Crippen molar-refractivity contribution in [3.8, 4) is 6.07 Å². The van der Waals surface area contributed by atoms with Crippen molar-refractivity contribution in [2.24, 2.45) is 0 Å². The number of nitriles is 1. The molecule has 2 rings (SSSR count). The highest BCUT2D eigenvalue weighted by molar-refractivity contribution is 5.31. The van der Waals surface area contributed by atoms with Gasteiger partial charge in [-0.3, -0.25) is 0 Å². The van der Waals surface area contributed by atoms with E-state index in [0.717, 1.165) is 5.56 Å². The maximum Gasteiger partial charge on any atom is 0.134 e. The van der Waals surface area contributed by atoms with Crippen LogP contribution in [0.15, 0.2) is 36.7 Å². The first-order valence-corrected chi connectivity index (χ1v) is 4.93. The molecule has 1 aromatic heterocycles. The molecule has 16 heavy (non-hydrogen) atoms. The Morgan fingerprint density at radius 2 is 2.06 bits per heavy atom. The molecule has 80 valence electrons. The van der Waals surface area contributed by atoms with Gasteiger partial charge in [0.15, 0.2) is 0 Å². The van der Waals surface area contributed by atoms with Crippen molar-refractivity contribution in [2.75, 3.05) is 0 Å². The molecule has 0 fully saturated rings. The largest absolute Gasteiger partial charge is 0.388 e. The van der Waals surface area contributed by atoms with E-state index in [0.29, 0.717) is 17.9 Å². The number of aliphatic hydroxyl groups excluding tert-OH is 1. The van der Waals surface area contributed by atoms with E-state index in [-0.39, 0.29) is 6.61 Å². The van der Waals surface area contributed by atoms with Crippen LogP contribution < -0.4 is 0 Å². The predicted molar refractivity (Wildman–Crippen MR) is 58.4 cm³/mol. The summed E-state index contributed by atoms with van der Waals surface area (Å²) in [5.74, 6) is 0.643. The van der Waals surface area contributed by atoms with E-state index in [4.69, 9.17) is 10.4 Å². The lowest BCUT2D eigenvalue weighted by Crippen LogP contribution is -2.04. The zero-order valence-corrected chi connectivity index (χ0v) is 8.67. The van der Waals surface area contributed by atoms with Crippen LogP contribution in [0.4, 0.5) is 0 Å². The number of aromatic nitrogens is 2. The van der Waals surface area contributed by atoms with E-state index < -0.39 is 0 Å². The SMILES string of the molecule is N#Cc1ccc(Cn2ccnc2CO)cc1. The van der Waals surface area contributed by atoms with Gasteiger partial charge in [0.25, 0.3) is 0 Å². The summed E-state index contributed by atoms with van der Waals surface area (Å²) in [5.41, 5.74) is 1.73. The highest BCUT2D eigenvalue weighted by atomic mass is 16.3. The average molecular weight is 213 g/mol. The average Bonchev–Trinajstić information content (AvgIpc) is 2.77. The normalized spacial score (nSPS) is 10.0. The van der Waals surface area contributed by atoms with E-state index in [9.17, 15) is 0 Å². The third-order valence-electron chi connectivity index (χ3n) is 2.38. The maximum atomic E-state index is 9.04. The Morgan fingerprint density at radius 1 is 1.31 bits per heavy atom. The fourth-order valence-corrected chi connectivity index (χ4v) is 1.52. The first kappa shape index (κ1) is 10.4. The first-order chi connectivity index (χ1) is 7.83. The van der Waals surface area contributed by atoms with Gasteiger partial charge in [0.05, 0.1) is 11.6 Å². The Morgan fingerprint density at radius 3 is 2.69 bits per heavy atom. The second kappa shape index (κ2) is 4.60. The van der Waals surface area contributed by atoms with Crippen LogP contribution in [-0.2, 0) is 13.2 Å². The predicted octanol–water partition coefficient (Wildman–Crippen LogP) is 1.30. The van der Waals surface area contributed by atoms with Gasteiger partial charge in [-0.2, -0.15) is 5.26 Å². The number of rotatable bonds is 3. The van der Waals surface area contributed by atoms with Crippen molar-refractivity contribution in [2.45, 2.75) is 13.2 Å². The van der Waals surface area contributed by atoms with Crippen molar-refractivity contribution in [1.29, 1.82) is 5.26 Å². The molecule has 0 aliphatic rings. The highest BCUT2D eigenvalue weighted by Crippen LogP contribution is 2.07. The molecular formula is C12H11N3O. The van der Waals surface area contributed by atoms with Crippen LogP contribution in [0.1, 0.15) is 17.0 Å². The number of benzene rings is 1. The number of hydrogen-bond donors (Lipinski definition) is 1. The lowest BCUT2D eigenvalue weighted by atomic mass is 10.1. The zero-order valence-electron chi connectivity index (χ0n) is 8.67. The van der Waals surface area contributed by atoms with Crippen molar-refractivity contribution in [3.05, 3.63) is 53.6 Å². The lowest BCUT2D eigenvalue weighted by molar-refractivity contribution is 0.266. The fraction of sp³-hybridized carbons (Fsp3) is 0.167. The molecule has 0 bridgehead atoms. The van der Waals surface area contributed by atoms with Gasteiger partial charge < -0.3 is 9.67 Å². The monoisotopic (exact) mass is 213 g/mol. The van der Waals surface area contributed by atoms with Crippen LogP contribution in [0.2, 0.25) is 0 Å². The molecule has 0 unspecified atom stereocenters. The number of aliphatic hydroxyl groups is 1. The fourth-order valence-electron chi connectivity index (χ4n) is 1.52. The Hall–Kier alpha value is -2.12. The van der Waals surface area contributed by atoms with E-state index in [1.165, 1.54) is 0 Å². The minimum absolute atomic E-state index is 0.0662. The molecule has 1 aromatic carbocycles. The Kier molecular flexibility index (Phi) is 2.99. The van der Waals surface area contributed by atoms with Crippen LogP contribution in [0.5, 0.6) is 0 Å². The molecule has 4 heteroatoms. The van der Waals surface area contributed by atoms with Crippen molar-refractivity contribution >= 4 is 0 Å². The molecule has 0 radical (unpaired) electrons. The topological polar surface area (TPSA) is 61.8 Å². The molecular weight excluding hydrogens is 202 g/mol. The van der Waals surface area contributed by atoms with Gasteiger partial charge in [0.1, 0.15) is 12.4 Å². The summed E-state index contributed by atoms with van der Waals surface area (Å²) in [6, 6.07) is 9.45. The van der Waals surface area contributed by atoms with Crippen molar-refractivity contribution in [1.82, 2.24) is 9.55 Å². The third kappa shape index (κ3) is 2.10. The van der Waals surface area contributed by atoms with Crippen LogP contribution in [0.25, 0.3) is 0 Å². The molecule has 0 saturated heterocycles. The van der Waals surface area contributed by atoms with E-state index in [1.54, 1.807) is 18.3 Å². The molecule has 0 aliphatic heterocycles. The van der Waals surface area contributed by atoms with Crippen LogP contribution >= 0.6 is 0 Å². The standard InChI is InChI=1S/C12H11N3O/c13-7-10-1-3-11(4-2-10)8-15-6-5-14-12(15)9-16/h1-6,16H,8-9H2. The molecule has 4 nitrogen and oxygen atoms in total. The minimum atomic E-state index is -0.0662. The van der Waals surface area contributed by atoms with E-state index >= 15 is 0 Å². The Balaban J connectivity index is 2.18. The van der Waals surface area contributed by atoms with Crippen LogP contribution in [0, 0.1) is 11.3 Å². The molecule has 1 N–H and O–H groups in total. The summed E-state index contributed by atoms with van der Waals surface area (Å²) in [7, 11) is 0. The van der Waals surface area contributed by atoms with Gasteiger partial charge in [0, 0.05) is 18.9 Å². The smallest absolute Gasteiger partial charge is 0.134 e. The number of imidazole rings is 1. The second-order valence-electron chi connectivity index (χ2n) is 3.44. The molecule has 0 atom stereocenters. The highest BCUT2D eigenvalue weighted by Gasteiger charge is 2.01. The van der Waals surface area contributed by atoms with Gasteiger partial charge in [-0.05, 0) is 17.7 Å². The Bertz CT molecular complexity index is 508. The van der Waals surface area contributed by atoms with Crippen molar-refractivity contribution < 1.29 is 5.11 Å². The Labute approximate surface area is 93.4 Å². The molecule has 2 aromatic rings.